The van der Waals surface area contributed by atoms with Crippen LogP contribution >= 0.6 is 11.3 Å². The van der Waals surface area contributed by atoms with Crippen molar-refractivity contribution in [1.82, 2.24) is 5.32 Å². The Morgan fingerprint density at radius 2 is 1.97 bits per heavy atom. The Hall–Kier alpha value is -3.40. The van der Waals surface area contributed by atoms with Gasteiger partial charge in [0.25, 0.3) is 11.8 Å². The molecule has 0 spiro atoms. The zero-order chi connectivity index (χ0) is 24.7. The number of nitrogens with one attached hydrogen (secondary N) is 2. The summed E-state index contributed by atoms with van der Waals surface area (Å²) in [5.41, 5.74) is 1.64. The third kappa shape index (κ3) is 6.34. The van der Waals surface area contributed by atoms with Crippen LogP contribution in [0.2, 0.25) is 0 Å². The van der Waals surface area contributed by atoms with Crippen LogP contribution < -0.4 is 15.4 Å². The van der Waals surface area contributed by atoms with E-state index in [1.54, 1.807) is 25.1 Å². The number of rotatable bonds is 9. The molecule has 34 heavy (non-hydrogen) atoms. The number of hydrogen-bond donors (Lipinski definition) is 2. The van der Waals surface area contributed by atoms with E-state index in [2.05, 4.69) is 17.6 Å². The van der Waals surface area contributed by atoms with Crippen LogP contribution in [0.1, 0.15) is 51.4 Å². The molecule has 9 nitrogen and oxygen atoms in total. The van der Waals surface area contributed by atoms with E-state index in [0.717, 1.165) is 29.7 Å². The minimum absolute atomic E-state index is 0.229. The molecule has 3 rings (SSSR count). The van der Waals surface area contributed by atoms with Crippen LogP contribution in [0.25, 0.3) is 0 Å². The SMILES string of the molecule is CCOC(=O)c1c(NC(=O)COC(=O)CNC(=O)c2cccc(OC)c2)sc2c1CCC(C)C2. The van der Waals surface area contributed by atoms with E-state index in [1.807, 2.05) is 0 Å². The fraction of sp³-hybridized carbons (Fsp3) is 0.417. The van der Waals surface area contributed by atoms with Gasteiger partial charge in [-0.3, -0.25) is 14.4 Å². The molecule has 0 saturated heterocycles. The maximum Gasteiger partial charge on any atom is 0.341 e. The highest BCUT2D eigenvalue weighted by molar-refractivity contribution is 7.17. The number of amides is 2. The van der Waals surface area contributed by atoms with Crippen molar-refractivity contribution in [2.45, 2.75) is 33.1 Å². The van der Waals surface area contributed by atoms with Gasteiger partial charge in [-0.1, -0.05) is 13.0 Å². The van der Waals surface area contributed by atoms with Gasteiger partial charge in [-0.25, -0.2) is 4.79 Å². The molecule has 1 atom stereocenters. The summed E-state index contributed by atoms with van der Waals surface area (Å²) in [6, 6.07) is 6.47. The lowest BCUT2D eigenvalue weighted by atomic mass is 9.88. The number of esters is 2. The predicted octanol–water partition coefficient (Wildman–Crippen LogP) is 2.97. The zero-order valence-corrected chi connectivity index (χ0v) is 20.2. The zero-order valence-electron chi connectivity index (χ0n) is 19.4. The molecule has 182 valence electrons. The lowest BCUT2D eigenvalue weighted by Crippen LogP contribution is -2.32. The van der Waals surface area contributed by atoms with Crippen molar-refractivity contribution < 1.29 is 33.4 Å². The lowest BCUT2D eigenvalue weighted by molar-refractivity contribution is -0.146. The molecule has 0 fully saturated rings. The highest BCUT2D eigenvalue weighted by Crippen LogP contribution is 2.40. The predicted molar refractivity (Wildman–Crippen MR) is 126 cm³/mol. The molecule has 1 aliphatic carbocycles. The molecule has 2 aromatic rings. The van der Waals surface area contributed by atoms with Crippen LogP contribution in [-0.2, 0) is 31.9 Å². The summed E-state index contributed by atoms with van der Waals surface area (Å²) in [7, 11) is 1.49. The van der Waals surface area contributed by atoms with Crippen molar-refractivity contribution >= 4 is 40.1 Å². The molecule has 0 aliphatic heterocycles. The van der Waals surface area contributed by atoms with Gasteiger partial charge in [-0.2, -0.15) is 0 Å². The quantitative estimate of drug-likeness (QED) is 0.521. The van der Waals surface area contributed by atoms with E-state index in [-0.39, 0.29) is 6.61 Å². The molecule has 1 heterocycles. The monoisotopic (exact) mass is 488 g/mol. The second-order valence-corrected chi connectivity index (χ2v) is 9.01. The molecule has 10 heteroatoms. The Labute approximate surface area is 201 Å². The summed E-state index contributed by atoms with van der Waals surface area (Å²) in [6.45, 7) is 3.16. The van der Waals surface area contributed by atoms with Gasteiger partial charge in [0.1, 0.15) is 17.3 Å². The highest BCUT2D eigenvalue weighted by atomic mass is 32.1. The van der Waals surface area contributed by atoms with Gasteiger partial charge in [0.2, 0.25) is 0 Å². The van der Waals surface area contributed by atoms with E-state index in [1.165, 1.54) is 24.5 Å². The molecule has 1 aromatic heterocycles. The van der Waals surface area contributed by atoms with E-state index in [4.69, 9.17) is 14.2 Å². The number of hydrogen-bond acceptors (Lipinski definition) is 8. The summed E-state index contributed by atoms with van der Waals surface area (Å²) in [5.74, 6) is -1.28. The van der Waals surface area contributed by atoms with Crippen molar-refractivity contribution in [3.63, 3.8) is 0 Å². The average Bonchev–Trinajstić information content (AvgIpc) is 3.18. The number of fused-ring (bicyclic) bond motifs is 1. The number of anilines is 1. The van der Waals surface area contributed by atoms with Crippen molar-refractivity contribution in [2.24, 2.45) is 5.92 Å². The van der Waals surface area contributed by atoms with Crippen LogP contribution in [0.15, 0.2) is 24.3 Å². The van der Waals surface area contributed by atoms with Crippen molar-refractivity contribution in [3.8, 4) is 5.75 Å². The maximum absolute atomic E-state index is 12.5. The van der Waals surface area contributed by atoms with E-state index < -0.39 is 36.9 Å². The minimum Gasteiger partial charge on any atom is -0.497 e. The van der Waals surface area contributed by atoms with Crippen molar-refractivity contribution in [2.75, 3.05) is 32.2 Å². The number of benzene rings is 1. The molecule has 0 saturated carbocycles. The molecular formula is C24H28N2O7S. The molecular weight excluding hydrogens is 460 g/mol. The fourth-order valence-corrected chi connectivity index (χ4v) is 5.05. The average molecular weight is 489 g/mol. The Balaban J connectivity index is 1.55. The largest absolute Gasteiger partial charge is 0.497 e. The number of methoxy groups -OCH3 is 1. The van der Waals surface area contributed by atoms with Crippen LogP contribution in [-0.4, -0.2) is 50.6 Å². The second-order valence-electron chi connectivity index (χ2n) is 7.90. The molecule has 0 bridgehead atoms. The Morgan fingerprint density at radius 3 is 2.71 bits per heavy atom. The van der Waals surface area contributed by atoms with Crippen LogP contribution in [0, 0.1) is 5.92 Å². The van der Waals surface area contributed by atoms with E-state index in [9.17, 15) is 19.2 Å². The summed E-state index contributed by atoms with van der Waals surface area (Å²) in [5, 5.41) is 5.53. The van der Waals surface area contributed by atoms with Gasteiger partial charge in [0, 0.05) is 10.4 Å². The summed E-state index contributed by atoms with van der Waals surface area (Å²) in [6.07, 6.45) is 2.55. The van der Waals surface area contributed by atoms with Crippen LogP contribution in [0.4, 0.5) is 5.00 Å². The smallest absolute Gasteiger partial charge is 0.341 e. The molecule has 2 N–H and O–H groups in total. The van der Waals surface area contributed by atoms with E-state index in [0.29, 0.717) is 27.8 Å². The molecule has 1 aliphatic rings. The summed E-state index contributed by atoms with van der Waals surface area (Å²) >= 11 is 1.36. The van der Waals surface area contributed by atoms with Crippen molar-refractivity contribution in [1.29, 1.82) is 0 Å². The van der Waals surface area contributed by atoms with Gasteiger partial charge >= 0.3 is 11.9 Å². The molecule has 2 amide bonds. The molecule has 1 aromatic carbocycles. The number of carbonyl (C=O) groups is 4. The minimum atomic E-state index is -0.767. The fourth-order valence-electron chi connectivity index (χ4n) is 3.64. The lowest BCUT2D eigenvalue weighted by Gasteiger charge is -2.18. The Kier molecular flexibility index (Phi) is 8.64. The van der Waals surface area contributed by atoms with Gasteiger partial charge < -0.3 is 24.8 Å². The van der Waals surface area contributed by atoms with E-state index >= 15 is 0 Å². The number of carbonyl (C=O) groups excluding carboxylic acids is 4. The van der Waals surface area contributed by atoms with Gasteiger partial charge in [-0.15, -0.1) is 11.3 Å². The molecule has 1 unspecified atom stereocenters. The first kappa shape index (κ1) is 25.2. The van der Waals surface area contributed by atoms with Crippen LogP contribution in [0.3, 0.4) is 0 Å². The topological polar surface area (TPSA) is 120 Å². The van der Waals surface area contributed by atoms with Gasteiger partial charge in [-0.05, 0) is 55.9 Å². The van der Waals surface area contributed by atoms with Crippen molar-refractivity contribution in [3.05, 3.63) is 45.8 Å². The first-order chi connectivity index (χ1) is 16.3. The number of thiophene rings is 1. The normalized spacial score (nSPS) is 14.5. The summed E-state index contributed by atoms with van der Waals surface area (Å²) in [4.78, 5) is 50.2. The standard InChI is InChI=1S/C24H28N2O7S/c1-4-32-24(30)21-17-9-8-14(2)10-18(17)34-23(21)26-19(27)13-33-20(28)12-25-22(29)15-6-5-7-16(11-15)31-3/h5-7,11,14H,4,8-10,12-13H2,1-3H3,(H,25,29)(H,26,27). The van der Waals surface area contributed by atoms with Crippen LogP contribution in [0.5, 0.6) is 5.75 Å². The maximum atomic E-state index is 12.5. The second kappa shape index (κ2) is 11.6. The third-order valence-electron chi connectivity index (χ3n) is 5.33. The molecule has 0 radical (unpaired) electrons. The first-order valence-electron chi connectivity index (χ1n) is 11.0. The number of ether oxygens (including phenoxy) is 3. The third-order valence-corrected chi connectivity index (χ3v) is 6.50. The Morgan fingerprint density at radius 1 is 1.18 bits per heavy atom. The Bertz CT molecular complexity index is 1080. The van der Waals surface area contributed by atoms with Gasteiger partial charge in [0.05, 0.1) is 19.3 Å². The van der Waals surface area contributed by atoms with Gasteiger partial charge in [0.15, 0.2) is 6.61 Å². The first-order valence-corrected chi connectivity index (χ1v) is 11.8. The highest BCUT2D eigenvalue weighted by Gasteiger charge is 2.29. The summed E-state index contributed by atoms with van der Waals surface area (Å²) < 4.78 is 15.2.